The molecule has 5 nitrogen and oxygen atoms in total. The Morgan fingerprint density at radius 2 is 2.29 bits per heavy atom. The highest BCUT2D eigenvalue weighted by atomic mass is 32.2. The Morgan fingerprint density at radius 3 is 2.82 bits per heavy atom. The number of sulfonamides is 1. The number of rotatable bonds is 6. The zero-order valence-electron chi connectivity index (χ0n) is 9.88. The maximum absolute atomic E-state index is 12.0. The van der Waals surface area contributed by atoms with Gasteiger partial charge in [0.1, 0.15) is 0 Å². The molecule has 3 N–H and O–H groups in total. The molecule has 0 fully saturated rings. The van der Waals surface area contributed by atoms with E-state index in [1.807, 2.05) is 13.2 Å². The van der Waals surface area contributed by atoms with E-state index in [1.54, 1.807) is 17.8 Å². The number of nitrogen functional groups attached to an aromatic ring is 1. The number of pyridine rings is 1. The summed E-state index contributed by atoms with van der Waals surface area (Å²) in [5, 5.41) is -0.0976. The molecule has 1 atom stereocenters. The highest BCUT2D eigenvalue weighted by molar-refractivity contribution is 7.98. The molecule has 1 aromatic rings. The molecule has 1 aromatic heterocycles. The van der Waals surface area contributed by atoms with E-state index in [2.05, 4.69) is 9.71 Å². The summed E-state index contributed by atoms with van der Waals surface area (Å²) in [7, 11) is -3.62. The monoisotopic (exact) mass is 275 g/mol. The molecule has 0 radical (unpaired) electrons. The second-order valence-corrected chi connectivity index (χ2v) is 6.12. The van der Waals surface area contributed by atoms with Crippen LogP contribution in [0.2, 0.25) is 0 Å². The van der Waals surface area contributed by atoms with Gasteiger partial charge in [0.25, 0.3) is 10.0 Å². The van der Waals surface area contributed by atoms with Crippen LogP contribution in [0.5, 0.6) is 0 Å². The molecule has 0 spiro atoms. The van der Waals surface area contributed by atoms with Crippen LogP contribution in [0.3, 0.4) is 0 Å². The summed E-state index contributed by atoms with van der Waals surface area (Å²) in [5.41, 5.74) is 5.78. The van der Waals surface area contributed by atoms with Crippen molar-refractivity contribution in [2.45, 2.75) is 24.4 Å². The number of aromatic nitrogens is 1. The van der Waals surface area contributed by atoms with Gasteiger partial charge in [-0.05, 0) is 24.8 Å². The lowest BCUT2D eigenvalue weighted by molar-refractivity contribution is 0.555. The minimum Gasteiger partial charge on any atom is -0.396 e. The van der Waals surface area contributed by atoms with E-state index in [-0.39, 0.29) is 16.8 Å². The van der Waals surface area contributed by atoms with Gasteiger partial charge in [0.15, 0.2) is 5.03 Å². The smallest absolute Gasteiger partial charge is 0.260 e. The number of anilines is 1. The van der Waals surface area contributed by atoms with Crippen molar-refractivity contribution in [3.8, 4) is 0 Å². The van der Waals surface area contributed by atoms with Crippen LogP contribution in [0.1, 0.15) is 13.3 Å². The van der Waals surface area contributed by atoms with Crippen molar-refractivity contribution in [3.05, 3.63) is 18.3 Å². The fourth-order valence-corrected chi connectivity index (χ4v) is 3.54. The topological polar surface area (TPSA) is 85.1 Å². The van der Waals surface area contributed by atoms with Crippen LogP contribution in [-0.2, 0) is 10.0 Å². The molecule has 96 valence electrons. The van der Waals surface area contributed by atoms with Crippen molar-refractivity contribution in [2.75, 3.05) is 17.7 Å². The first-order valence-corrected chi connectivity index (χ1v) is 8.10. The number of hydrogen-bond donors (Lipinski definition) is 2. The molecule has 0 aliphatic rings. The fourth-order valence-electron chi connectivity index (χ4n) is 1.34. The van der Waals surface area contributed by atoms with Gasteiger partial charge in [0.2, 0.25) is 0 Å². The summed E-state index contributed by atoms with van der Waals surface area (Å²) in [6.45, 7) is 1.94. The minimum atomic E-state index is -3.62. The third-order valence-corrected chi connectivity index (χ3v) is 4.47. The largest absolute Gasteiger partial charge is 0.396 e. The zero-order valence-corrected chi connectivity index (χ0v) is 11.5. The molecular weight excluding hydrogens is 258 g/mol. The summed E-state index contributed by atoms with van der Waals surface area (Å²) in [5.74, 6) is 0.725. The molecule has 0 aliphatic heterocycles. The van der Waals surface area contributed by atoms with Gasteiger partial charge < -0.3 is 5.73 Å². The van der Waals surface area contributed by atoms with Crippen LogP contribution in [0.25, 0.3) is 0 Å². The number of nitrogens with one attached hydrogen (secondary N) is 1. The van der Waals surface area contributed by atoms with Crippen molar-refractivity contribution in [3.63, 3.8) is 0 Å². The molecule has 0 saturated heterocycles. The SMILES string of the molecule is CCC(CSC)NS(=O)(=O)c1ncccc1N. The minimum absolute atomic E-state index is 0.0976. The zero-order chi connectivity index (χ0) is 12.9. The molecule has 1 rings (SSSR count). The predicted octanol–water partition coefficient (Wildman–Crippen LogP) is 1.08. The van der Waals surface area contributed by atoms with E-state index in [9.17, 15) is 8.42 Å². The Hall–Kier alpha value is -0.790. The lowest BCUT2D eigenvalue weighted by Gasteiger charge is -2.16. The van der Waals surface area contributed by atoms with Gasteiger partial charge in [-0.3, -0.25) is 0 Å². The predicted molar refractivity (Wildman–Crippen MR) is 71.4 cm³/mol. The summed E-state index contributed by atoms with van der Waals surface area (Å²) in [4.78, 5) is 3.82. The van der Waals surface area contributed by atoms with Gasteiger partial charge in [-0.25, -0.2) is 18.1 Å². The van der Waals surface area contributed by atoms with E-state index in [0.717, 1.165) is 12.2 Å². The van der Waals surface area contributed by atoms with Crippen LogP contribution < -0.4 is 10.5 Å². The Kier molecular flexibility index (Phi) is 5.23. The van der Waals surface area contributed by atoms with E-state index in [1.165, 1.54) is 12.3 Å². The molecule has 0 aliphatic carbocycles. The van der Waals surface area contributed by atoms with E-state index < -0.39 is 10.0 Å². The number of hydrogen-bond acceptors (Lipinski definition) is 5. The third kappa shape index (κ3) is 3.86. The first-order valence-electron chi connectivity index (χ1n) is 5.23. The molecule has 0 bridgehead atoms. The van der Waals surface area contributed by atoms with Crippen LogP contribution in [-0.4, -0.2) is 31.5 Å². The molecule has 0 saturated carbocycles. The van der Waals surface area contributed by atoms with Gasteiger partial charge in [-0.15, -0.1) is 0 Å². The van der Waals surface area contributed by atoms with E-state index in [0.29, 0.717) is 0 Å². The number of nitrogens with two attached hydrogens (primary N) is 1. The van der Waals surface area contributed by atoms with Gasteiger partial charge in [-0.1, -0.05) is 6.92 Å². The Bertz CT molecular complexity index is 462. The van der Waals surface area contributed by atoms with Crippen LogP contribution >= 0.6 is 11.8 Å². The average molecular weight is 275 g/mol. The lowest BCUT2D eigenvalue weighted by Crippen LogP contribution is -2.36. The molecule has 0 aromatic carbocycles. The molecule has 0 amide bonds. The Balaban J connectivity index is 2.92. The standard InChI is InChI=1S/C10H17N3O2S2/c1-3-8(7-16-2)13-17(14,15)10-9(11)5-4-6-12-10/h4-6,8,13H,3,7,11H2,1-2H3. The summed E-state index contributed by atoms with van der Waals surface area (Å²) in [6, 6.07) is 3.03. The van der Waals surface area contributed by atoms with Crippen molar-refractivity contribution >= 4 is 27.5 Å². The molecule has 17 heavy (non-hydrogen) atoms. The summed E-state index contributed by atoms with van der Waals surface area (Å²) < 4.78 is 26.7. The van der Waals surface area contributed by atoms with Crippen molar-refractivity contribution in [2.24, 2.45) is 0 Å². The third-order valence-electron chi connectivity index (χ3n) is 2.24. The Morgan fingerprint density at radius 1 is 1.59 bits per heavy atom. The first-order chi connectivity index (χ1) is 8.01. The molecule has 1 heterocycles. The highest BCUT2D eigenvalue weighted by Gasteiger charge is 2.22. The second-order valence-electron chi connectivity index (χ2n) is 3.58. The van der Waals surface area contributed by atoms with Crippen LogP contribution in [0.15, 0.2) is 23.4 Å². The van der Waals surface area contributed by atoms with Crippen molar-refractivity contribution < 1.29 is 8.42 Å². The summed E-state index contributed by atoms with van der Waals surface area (Å²) >= 11 is 1.60. The van der Waals surface area contributed by atoms with E-state index >= 15 is 0 Å². The number of thioether (sulfide) groups is 1. The number of nitrogens with zero attached hydrogens (tertiary/aromatic N) is 1. The second kappa shape index (κ2) is 6.23. The maximum atomic E-state index is 12.0. The Labute approximate surface area is 106 Å². The quantitative estimate of drug-likeness (QED) is 0.811. The van der Waals surface area contributed by atoms with Gasteiger partial charge in [0.05, 0.1) is 5.69 Å². The first kappa shape index (κ1) is 14.3. The maximum Gasteiger partial charge on any atom is 0.260 e. The highest BCUT2D eigenvalue weighted by Crippen LogP contribution is 2.15. The van der Waals surface area contributed by atoms with Crippen LogP contribution in [0.4, 0.5) is 5.69 Å². The van der Waals surface area contributed by atoms with Gasteiger partial charge in [-0.2, -0.15) is 11.8 Å². The molecule has 7 heteroatoms. The van der Waals surface area contributed by atoms with Gasteiger partial charge >= 0.3 is 0 Å². The summed E-state index contributed by atoms with van der Waals surface area (Å²) in [6.07, 6.45) is 4.08. The average Bonchev–Trinajstić information content (AvgIpc) is 2.28. The molecule has 1 unspecified atom stereocenters. The van der Waals surface area contributed by atoms with Crippen molar-refractivity contribution in [1.82, 2.24) is 9.71 Å². The fraction of sp³-hybridized carbons (Fsp3) is 0.500. The van der Waals surface area contributed by atoms with Gasteiger partial charge in [0, 0.05) is 18.0 Å². The van der Waals surface area contributed by atoms with Crippen molar-refractivity contribution in [1.29, 1.82) is 0 Å². The molecular formula is C10H17N3O2S2. The van der Waals surface area contributed by atoms with Crippen LogP contribution in [0, 0.1) is 0 Å². The van der Waals surface area contributed by atoms with E-state index in [4.69, 9.17) is 5.73 Å². The lowest BCUT2D eigenvalue weighted by atomic mass is 10.3. The normalized spacial score (nSPS) is 13.5.